The van der Waals surface area contributed by atoms with Crippen LogP contribution in [0.3, 0.4) is 0 Å². The smallest absolute Gasteiger partial charge is 0.229 e. The average Bonchev–Trinajstić information content (AvgIpc) is 2.71. The van der Waals surface area contributed by atoms with Gasteiger partial charge in [-0.3, -0.25) is 4.72 Å². The van der Waals surface area contributed by atoms with E-state index < -0.39 is 10.0 Å². The van der Waals surface area contributed by atoms with E-state index in [1.54, 1.807) is 23.5 Å². The van der Waals surface area contributed by atoms with Crippen LogP contribution in [0.4, 0.5) is 11.4 Å². The fourth-order valence-corrected chi connectivity index (χ4v) is 3.06. The Balaban J connectivity index is 2.03. The van der Waals surface area contributed by atoms with E-state index in [-0.39, 0.29) is 0 Å². The molecule has 0 bridgehead atoms. The number of aryl methyl sites for hydroxylation is 1. The molecule has 0 aliphatic rings. The molecular formula is C13H16N2O2S2. The van der Waals surface area contributed by atoms with E-state index in [0.717, 1.165) is 18.5 Å². The fraction of sp³-hybridized carbons (Fsp3) is 0.231. The van der Waals surface area contributed by atoms with Crippen LogP contribution in [-0.4, -0.2) is 14.7 Å². The van der Waals surface area contributed by atoms with Gasteiger partial charge in [0.25, 0.3) is 0 Å². The summed E-state index contributed by atoms with van der Waals surface area (Å²) in [6.45, 7) is 2.81. The van der Waals surface area contributed by atoms with Crippen molar-refractivity contribution in [2.75, 3.05) is 16.3 Å². The summed E-state index contributed by atoms with van der Waals surface area (Å²) in [4.78, 5) is 2.53. The molecule has 0 saturated heterocycles. The van der Waals surface area contributed by atoms with Gasteiger partial charge >= 0.3 is 0 Å². The van der Waals surface area contributed by atoms with Crippen molar-refractivity contribution in [1.82, 2.24) is 0 Å². The Kier molecular flexibility index (Phi) is 4.11. The van der Waals surface area contributed by atoms with E-state index >= 15 is 0 Å². The predicted molar refractivity (Wildman–Crippen MR) is 81.3 cm³/mol. The normalized spacial score (nSPS) is 11.3. The molecule has 102 valence electrons. The molecule has 0 fully saturated rings. The van der Waals surface area contributed by atoms with Crippen LogP contribution in [0.5, 0.6) is 0 Å². The molecule has 4 nitrogen and oxygen atoms in total. The maximum absolute atomic E-state index is 11.2. The van der Waals surface area contributed by atoms with Gasteiger partial charge in [0.05, 0.1) is 11.9 Å². The Morgan fingerprint density at radius 1 is 1.16 bits per heavy atom. The van der Waals surface area contributed by atoms with Crippen molar-refractivity contribution in [3.8, 4) is 0 Å². The third kappa shape index (κ3) is 4.57. The lowest BCUT2D eigenvalue weighted by atomic mass is 10.3. The SMILES string of the molecule is Cc1ccc(CNc2cccc(NS(C)(=O)=O)c2)s1. The summed E-state index contributed by atoms with van der Waals surface area (Å²) < 4.78 is 24.8. The molecule has 0 spiro atoms. The van der Waals surface area contributed by atoms with Crippen molar-refractivity contribution < 1.29 is 8.42 Å². The van der Waals surface area contributed by atoms with E-state index in [4.69, 9.17) is 0 Å². The van der Waals surface area contributed by atoms with Crippen LogP contribution in [-0.2, 0) is 16.6 Å². The first kappa shape index (κ1) is 13.9. The minimum Gasteiger partial charge on any atom is -0.380 e. The summed E-state index contributed by atoms with van der Waals surface area (Å²) in [5.74, 6) is 0. The highest BCUT2D eigenvalue weighted by Gasteiger charge is 2.02. The van der Waals surface area contributed by atoms with E-state index in [0.29, 0.717) is 5.69 Å². The van der Waals surface area contributed by atoms with Crippen LogP contribution in [0.15, 0.2) is 36.4 Å². The van der Waals surface area contributed by atoms with Gasteiger partial charge in [0.15, 0.2) is 0 Å². The molecule has 0 aliphatic heterocycles. The molecule has 19 heavy (non-hydrogen) atoms. The molecule has 0 saturated carbocycles. The van der Waals surface area contributed by atoms with Gasteiger partial charge in [-0.05, 0) is 37.3 Å². The molecule has 1 aromatic heterocycles. The van der Waals surface area contributed by atoms with Crippen molar-refractivity contribution in [3.63, 3.8) is 0 Å². The first-order valence-electron chi connectivity index (χ1n) is 5.79. The number of hydrogen-bond donors (Lipinski definition) is 2. The number of hydrogen-bond acceptors (Lipinski definition) is 4. The lowest BCUT2D eigenvalue weighted by Crippen LogP contribution is -2.09. The zero-order valence-electron chi connectivity index (χ0n) is 10.8. The quantitative estimate of drug-likeness (QED) is 0.891. The Labute approximate surface area is 117 Å². The number of sulfonamides is 1. The third-order valence-electron chi connectivity index (χ3n) is 2.43. The molecule has 1 aromatic carbocycles. The van der Waals surface area contributed by atoms with Gasteiger partial charge in [-0.2, -0.15) is 0 Å². The van der Waals surface area contributed by atoms with E-state index in [1.807, 2.05) is 12.1 Å². The molecule has 6 heteroatoms. The molecule has 0 radical (unpaired) electrons. The molecule has 0 aliphatic carbocycles. The highest BCUT2D eigenvalue weighted by molar-refractivity contribution is 7.92. The van der Waals surface area contributed by atoms with Gasteiger partial charge < -0.3 is 5.32 Å². The zero-order valence-corrected chi connectivity index (χ0v) is 12.4. The molecule has 2 rings (SSSR count). The van der Waals surface area contributed by atoms with Gasteiger partial charge in [-0.1, -0.05) is 6.07 Å². The highest BCUT2D eigenvalue weighted by Crippen LogP contribution is 2.19. The summed E-state index contributed by atoms with van der Waals surface area (Å²) >= 11 is 1.75. The first-order valence-corrected chi connectivity index (χ1v) is 8.50. The molecule has 0 amide bonds. The summed E-state index contributed by atoms with van der Waals surface area (Å²) in [5, 5.41) is 3.28. The molecule has 0 atom stereocenters. The standard InChI is InChI=1S/C13H16N2O2S2/c1-10-6-7-13(18-10)9-14-11-4-3-5-12(8-11)15-19(2,16)17/h3-8,14-15H,9H2,1-2H3. The van der Waals surface area contributed by atoms with Gasteiger partial charge in [-0.15, -0.1) is 11.3 Å². The summed E-state index contributed by atoms with van der Waals surface area (Å²) in [7, 11) is -3.23. The Hall–Kier alpha value is -1.53. The summed E-state index contributed by atoms with van der Waals surface area (Å²) in [5.41, 5.74) is 1.45. The fourth-order valence-electron chi connectivity index (χ4n) is 1.68. The van der Waals surface area contributed by atoms with Crippen molar-refractivity contribution in [3.05, 3.63) is 46.2 Å². The van der Waals surface area contributed by atoms with Gasteiger partial charge in [0, 0.05) is 22.0 Å². The van der Waals surface area contributed by atoms with Crippen LogP contribution in [0.25, 0.3) is 0 Å². The zero-order chi connectivity index (χ0) is 13.9. The topological polar surface area (TPSA) is 58.2 Å². The van der Waals surface area contributed by atoms with E-state index in [1.165, 1.54) is 9.75 Å². The Morgan fingerprint density at radius 3 is 2.53 bits per heavy atom. The van der Waals surface area contributed by atoms with Crippen molar-refractivity contribution in [2.24, 2.45) is 0 Å². The number of nitrogens with one attached hydrogen (secondary N) is 2. The number of anilines is 2. The number of benzene rings is 1. The van der Waals surface area contributed by atoms with Crippen molar-refractivity contribution in [1.29, 1.82) is 0 Å². The van der Waals surface area contributed by atoms with Gasteiger partial charge in [-0.25, -0.2) is 8.42 Å². The second-order valence-corrected chi connectivity index (χ2v) is 7.44. The van der Waals surface area contributed by atoms with Crippen LogP contribution < -0.4 is 10.0 Å². The minimum atomic E-state index is -3.23. The maximum atomic E-state index is 11.2. The minimum absolute atomic E-state index is 0.565. The molecule has 0 unspecified atom stereocenters. The van der Waals surface area contributed by atoms with Crippen LogP contribution in [0.2, 0.25) is 0 Å². The van der Waals surface area contributed by atoms with E-state index in [2.05, 4.69) is 29.1 Å². The highest BCUT2D eigenvalue weighted by atomic mass is 32.2. The van der Waals surface area contributed by atoms with Crippen LogP contribution in [0.1, 0.15) is 9.75 Å². The van der Waals surface area contributed by atoms with E-state index in [9.17, 15) is 8.42 Å². The summed E-state index contributed by atoms with van der Waals surface area (Å²) in [6, 6.07) is 11.4. The lowest BCUT2D eigenvalue weighted by Gasteiger charge is -2.08. The Bertz CT molecular complexity index is 663. The summed E-state index contributed by atoms with van der Waals surface area (Å²) in [6.07, 6.45) is 1.14. The van der Waals surface area contributed by atoms with Crippen molar-refractivity contribution in [2.45, 2.75) is 13.5 Å². The molecular weight excluding hydrogens is 280 g/mol. The second-order valence-electron chi connectivity index (χ2n) is 4.32. The predicted octanol–water partition coefficient (Wildman–Crippen LogP) is 3.04. The van der Waals surface area contributed by atoms with Crippen LogP contribution in [0, 0.1) is 6.92 Å². The first-order chi connectivity index (χ1) is 8.92. The molecule has 2 aromatic rings. The molecule has 2 N–H and O–H groups in total. The second kappa shape index (κ2) is 5.63. The average molecular weight is 296 g/mol. The Morgan fingerprint density at radius 2 is 1.89 bits per heavy atom. The van der Waals surface area contributed by atoms with Gasteiger partial charge in [0.1, 0.15) is 0 Å². The van der Waals surface area contributed by atoms with Crippen molar-refractivity contribution >= 4 is 32.7 Å². The molecule has 1 heterocycles. The maximum Gasteiger partial charge on any atom is 0.229 e. The monoisotopic (exact) mass is 296 g/mol. The number of thiophene rings is 1. The largest absolute Gasteiger partial charge is 0.380 e. The number of rotatable bonds is 5. The lowest BCUT2D eigenvalue weighted by molar-refractivity contribution is 0.607. The third-order valence-corrected chi connectivity index (χ3v) is 4.04. The van der Waals surface area contributed by atoms with Crippen LogP contribution >= 0.6 is 11.3 Å². The van der Waals surface area contributed by atoms with Gasteiger partial charge in [0.2, 0.25) is 10.0 Å².